The topological polar surface area (TPSA) is 18.5 Å². The van der Waals surface area contributed by atoms with Gasteiger partial charge in [-0.1, -0.05) is 60.7 Å². The summed E-state index contributed by atoms with van der Waals surface area (Å²) in [5.41, 5.74) is 0. The second kappa shape index (κ2) is 7.30. The second-order valence-corrected chi connectivity index (χ2v) is 20.3. The molecular weight excluding hydrogens is 312 g/mol. The molecule has 2 nitrogen and oxygen atoms in total. The summed E-state index contributed by atoms with van der Waals surface area (Å²) in [5, 5.41) is 2.73. The van der Waals surface area contributed by atoms with Gasteiger partial charge in [0.25, 0.3) is 0 Å². The van der Waals surface area contributed by atoms with Crippen LogP contribution in [0.25, 0.3) is 0 Å². The lowest BCUT2D eigenvalue weighted by atomic mass is 10.4. The van der Waals surface area contributed by atoms with Crippen LogP contribution >= 0.6 is 0 Å². The summed E-state index contributed by atoms with van der Waals surface area (Å²) in [6, 6.07) is 21.4. The summed E-state index contributed by atoms with van der Waals surface area (Å²) in [6.45, 7) is 4.57. The molecule has 0 spiro atoms. The predicted molar refractivity (Wildman–Crippen MR) is 97.4 cm³/mol. The molecule has 2 aromatic rings. The first-order valence-electron chi connectivity index (χ1n) is 6.89. The highest BCUT2D eigenvalue weighted by atomic mass is 29.2. The van der Waals surface area contributed by atoms with Crippen molar-refractivity contribution in [1.29, 1.82) is 0 Å². The highest BCUT2D eigenvalue weighted by molar-refractivity contribution is 7.20. The van der Waals surface area contributed by atoms with Crippen LogP contribution in [-0.4, -0.2) is 36.6 Å². The normalized spacial score (nSPS) is 12.6. The van der Waals surface area contributed by atoms with Crippen LogP contribution in [0.3, 0.4) is 0 Å². The van der Waals surface area contributed by atoms with Gasteiger partial charge in [-0.05, 0) is 23.5 Å². The molecule has 0 amide bonds. The van der Waals surface area contributed by atoms with Gasteiger partial charge >= 0.3 is 0 Å². The average Bonchev–Trinajstić information content (AvgIpc) is 2.49. The Labute approximate surface area is 129 Å². The van der Waals surface area contributed by atoms with Crippen molar-refractivity contribution in [2.75, 3.05) is 0 Å². The van der Waals surface area contributed by atoms with Gasteiger partial charge in [0.05, 0.1) is 0 Å². The van der Waals surface area contributed by atoms with Gasteiger partial charge in [0.15, 0.2) is 17.1 Å². The summed E-state index contributed by atoms with van der Waals surface area (Å²) >= 11 is 0. The Balaban J connectivity index is 2.22. The van der Waals surface area contributed by atoms with E-state index in [1.165, 1.54) is 10.4 Å². The molecule has 0 aliphatic heterocycles. The minimum Gasteiger partial charge on any atom is -0.464 e. The maximum Gasteiger partial charge on any atom is 0.228 e. The van der Waals surface area contributed by atoms with Crippen molar-refractivity contribution in [2.24, 2.45) is 0 Å². The van der Waals surface area contributed by atoms with Gasteiger partial charge < -0.3 is 8.23 Å². The SMILES string of the molecule is C[Si](C)(O[SiH3])[SiH2]O[SiH](c1ccccc1)c1ccccc1. The van der Waals surface area contributed by atoms with E-state index >= 15 is 0 Å². The van der Waals surface area contributed by atoms with Crippen molar-refractivity contribution in [2.45, 2.75) is 13.1 Å². The lowest BCUT2D eigenvalue weighted by molar-refractivity contribution is 0.600. The van der Waals surface area contributed by atoms with E-state index in [2.05, 4.69) is 73.8 Å². The third kappa shape index (κ3) is 4.37. The third-order valence-corrected chi connectivity index (χ3v) is 18.6. The summed E-state index contributed by atoms with van der Waals surface area (Å²) in [7, 11) is -2.78. The molecule has 0 unspecified atom stereocenters. The van der Waals surface area contributed by atoms with Crippen LogP contribution < -0.4 is 10.4 Å². The molecule has 20 heavy (non-hydrogen) atoms. The largest absolute Gasteiger partial charge is 0.464 e. The van der Waals surface area contributed by atoms with Crippen molar-refractivity contribution in [1.82, 2.24) is 0 Å². The van der Waals surface area contributed by atoms with Crippen molar-refractivity contribution in [3.05, 3.63) is 60.7 Å². The van der Waals surface area contributed by atoms with Crippen molar-refractivity contribution in [3.63, 3.8) is 0 Å². The van der Waals surface area contributed by atoms with E-state index in [9.17, 15) is 0 Å². The van der Waals surface area contributed by atoms with Crippen LogP contribution in [0.2, 0.25) is 13.1 Å². The molecule has 0 N–H and O–H groups in total. The van der Waals surface area contributed by atoms with Gasteiger partial charge in [0, 0.05) is 0 Å². The zero-order chi connectivity index (χ0) is 14.4. The Morgan fingerprint density at radius 2 is 1.35 bits per heavy atom. The lowest BCUT2D eigenvalue weighted by Gasteiger charge is -2.24. The molecule has 0 radical (unpaired) electrons. The standard InChI is InChI=1S/C14H22O2Si4/c1-20(2,15-17)18-16-19(13-9-5-3-6-10-13)14-11-7-4-8-12-14/h3-12,19H,18H2,1-2,17H3. The molecule has 0 atom stereocenters. The monoisotopic (exact) mass is 334 g/mol. The predicted octanol–water partition coefficient (Wildman–Crippen LogP) is -0.376. The van der Waals surface area contributed by atoms with Crippen LogP contribution in [0, 0.1) is 0 Å². The van der Waals surface area contributed by atoms with E-state index in [0.717, 1.165) is 10.5 Å². The highest BCUT2D eigenvalue weighted by Gasteiger charge is 2.25. The van der Waals surface area contributed by atoms with Crippen LogP contribution in [0.1, 0.15) is 0 Å². The van der Waals surface area contributed by atoms with Gasteiger partial charge in [0.2, 0.25) is 9.04 Å². The summed E-state index contributed by atoms with van der Waals surface area (Å²) < 4.78 is 12.3. The third-order valence-electron chi connectivity index (χ3n) is 3.35. The Bertz CT molecular complexity index is 480. The number of hydrogen-bond acceptors (Lipinski definition) is 2. The molecule has 0 aliphatic carbocycles. The Hall–Kier alpha value is -0.772. The van der Waals surface area contributed by atoms with Crippen molar-refractivity contribution < 1.29 is 8.23 Å². The first kappa shape index (κ1) is 15.6. The second-order valence-electron chi connectivity index (χ2n) is 5.48. The fourth-order valence-corrected chi connectivity index (χ4v) is 14.0. The number of hydrogen-bond donors (Lipinski definition) is 0. The quantitative estimate of drug-likeness (QED) is 0.671. The molecule has 6 heteroatoms. The molecule has 0 bridgehead atoms. The summed E-state index contributed by atoms with van der Waals surface area (Å²) in [5.74, 6) is 0. The Morgan fingerprint density at radius 3 is 1.75 bits per heavy atom. The van der Waals surface area contributed by atoms with Gasteiger partial charge in [0.1, 0.15) is 10.5 Å². The molecular formula is C14H22O2Si4. The van der Waals surface area contributed by atoms with E-state index in [4.69, 9.17) is 8.23 Å². The van der Waals surface area contributed by atoms with Crippen molar-refractivity contribution in [3.8, 4) is 0 Å². The summed E-state index contributed by atoms with van der Waals surface area (Å²) in [4.78, 5) is 0. The van der Waals surface area contributed by atoms with Crippen molar-refractivity contribution >= 4 is 47.0 Å². The molecule has 2 rings (SSSR count). The van der Waals surface area contributed by atoms with Crippen LogP contribution in [0.4, 0.5) is 0 Å². The molecule has 0 fully saturated rings. The first-order valence-corrected chi connectivity index (χ1v) is 15.1. The minimum atomic E-state index is -1.53. The van der Waals surface area contributed by atoms with Gasteiger partial charge in [-0.3, -0.25) is 0 Å². The first-order chi connectivity index (χ1) is 9.62. The Kier molecular flexibility index (Phi) is 5.70. The van der Waals surface area contributed by atoms with Crippen LogP contribution in [0.15, 0.2) is 60.7 Å². The maximum atomic E-state index is 6.51. The van der Waals surface area contributed by atoms with Crippen LogP contribution in [-0.2, 0) is 8.23 Å². The fourth-order valence-electron chi connectivity index (χ4n) is 1.98. The van der Waals surface area contributed by atoms with Gasteiger partial charge in [-0.25, -0.2) is 0 Å². The molecule has 0 aliphatic rings. The van der Waals surface area contributed by atoms with Gasteiger partial charge in [-0.15, -0.1) is 0 Å². The summed E-state index contributed by atoms with van der Waals surface area (Å²) in [6.07, 6.45) is 0. The van der Waals surface area contributed by atoms with E-state index in [1.54, 1.807) is 0 Å². The zero-order valence-electron chi connectivity index (χ0n) is 12.4. The molecule has 106 valence electrons. The smallest absolute Gasteiger partial charge is 0.228 e. The van der Waals surface area contributed by atoms with E-state index < -0.39 is 26.2 Å². The van der Waals surface area contributed by atoms with E-state index in [-0.39, 0.29) is 0 Å². The molecule has 0 heterocycles. The molecule has 0 aromatic heterocycles. The molecule has 0 saturated carbocycles. The lowest BCUT2D eigenvalue weighted by Crippen LogP contribution is -2.51. The minimum absolute atomic E-state index is 0.583. The Morgan fingerprint density at radius 1 is 0.900 bits per heavy atom. The average molecular weight is 335 g/mol. The van der Waals surface area contributed by atoms with Gasteiger partial charge in [-0.2, -0.15) is 0 Å². The molecule has 2 aromatic carbocycles. The molecule has 0 saturated heterocycles. The zero-order valence-corrected chi connectivity index (χ0v) is 17.9. The highest BCUT2D eigenvalue weighted by Crippen LogP contribution is 2.02. The van der Waals surface area contributed by atoms with E-state index in [0.29, 0.717) is 0 Å². The van der Waals surface area contributed by atoms with E-state index in [1.807, 2.05) is 0 Å². The fraction of sp³-hybridized carbons (Fsp3) is 0.143. The van der Waals surface area contributed by atoms with Crippen LogP contribution in [0.5, 0.6) is 0 Å². The number of benzene rings is 2. The maximum absolute atomic E-state index is 6.51. The number of rotatable bonds is 6.